The van der Waals surface area contributed by atoms with E-state index in [-0.39, 0.29) is 5.82 Å². The average Bonchev–Trinajstić information content (AvgIpc) is 2.79. The van der Waals surface area contributed by atoms with Crippen LogP contribution in [0.15, 0.2) is 36.5 Å². The van der Waals surface area contributed by atoms with Gasteiger partial charge in [0.2, 0.25) is 5.95 Å². The van der Waals surface area contributed by atoms with Gasteiger partial charge in [-0.05, 0) is 31.0 Å². The third kappa shape index (κ3) is 3.93. The molecule has 1 aromatic carbocycles. The zero-order chi connectivity index (χ0) is 15.2. The fourth-order valence-electron chi connectivity index (χ4n) is 2.82. The fraction of sp³-hybridized carbons (Fsp3) is 0.412. The monoisotopic (exact) mass is 300 g/mol. The van der Waals surface area contributed by atoms with Gasteiger partial charge >= 0.3 is 0 Å². The van der Waals surface area contributed by atoms with Crippen LogP contribution in [0.3, 0.4) is 0 Å². The quantitative estimate of drug-likeness (QED) is 0.817. The molecule has 0 radical (unpaired) electrons. The molecule has 4 nitrogen and oxygen atoms in total. The number of anilines is 3. The number of benzene rings is 1. The van der Waals surface area contributed by atoms with Crippen molar-refractivity contribution in [1.29, 1.82) is 0 Å². The lowest BCUT2D eigenvalue weighted by Crippen LogP contribution is -2.19. The van der Waals surface area contributed by atoms with Gasteiger partial charge < -0.3 is 10.6 Å². The molecule has 1 aliphatic carbocycles. The number of halogens is 1. The van der Waals surface area contributed by atoms with Crippen molar-refractivity contribution in [3.05, 3.63) is 42.3 Å². The predicted octanol–water partition coefficient (Wildman–Crippen LogP) is 4.49. The van der Waals surface area contributed by atoms with Crippen LogP contribution in [0.5, 0.6) is 0 Å². The summed E-state index contributed by atoms with van der Waals surface area (Å²) in [5.74, 6) is 0.887. The smallest absolute Gasteiger partial charge is 0.229 e. The Morgan fingerprint density at radius 2 is 1.77 bits per heavy atom. The summed E-state index contributed by atoms with van der Waals surface area (Å²) in [4.78, 5) is 8.59. The minimum Gasteiger partial charge on any atom is -0.367 e. The molecule has 22 heavy (non-hydrogen) atoms. The van der Waals surface area contributed by atoms with Crippen molar-refractivity contribution in [3.63, 3.8) is 0 Å². The van der Waals surface area contributed by atoms with E-state index in [9.17, 15) is 4.39 Å². The van der Waals surface area contributed by atoms with Gasteiger partial charge in [0.1, 0.15) is 11.6 Å². The van der Waals surface area contributed by atoms with Crippen LogP contribution in [-0.4, -0.2) is 16.0 Å². The largest absolute Gasteiger partial charge is 0.367 e. The van der Waals surface area contributed by atoms with E-state index in [4.69, 9.17) is 0 Å². The van der Waals surface area contributed by atoms with E-state index >= 15 is 0 Å². The molecule has 2 aromatic rings. The molecule has 5 heteroatoms. The van der Waals surface area contributed by atoms with E-state index in [0.717, 1.165) is 5.82 Å². The molecule has 116 valence electrons. The molecule has 0 unspecified atom stereocenters. The van der Waals surface area contributed by atoms with E-state index in [1.54, 1.807) is 24.4 Å². The summed E-state index contributed by atoms with van der Waals surface area (Å²) < 4.78 is 13.7. The Hall–Kier alpha value is -2.17. The first kappa shape index (κ1) is 14.8. The van der Waals surface area contributed by atoms with Crippen LogP contribution in [0.4, 0.5) is 21.8 Å². The summed E-state index contributed by atoms with van der Waals surface area (Å²) in [5, 5.41) is 6.40. The number of para-hydroxylation sites is 1. The third-order valence-electron chi connectivity index (χ3n) is 3.98. The molecule has 1 aliphatic rings. The Labute approximate surface area is 130 Å². The number of hydrogen-bond acceptors (Lipinski definition) is 4. The molecule has 0 aliphatic heterocycles. The molecule has 0 saturated heterocycles. The van der Waals surface area contributed by atoms with Crippen molar-refractivity contribution in [2.45, 2.75) is 44.6 Å². The number of nitrogens with zero attached hydrogens (tertiary/aromatic N) is 2. The van der Waals surface area contributed by atoms with Crippen LogP contribution in [0.25, 0.3) is 0 Å². The van der Waals surface area contributed by atoms with Gasteiger partial charge in [0.05, 0.1) is 5.69 Å². The van der Waals surface area contributed by atoms with Crippen LogP contribution in [-0.2, 0) is 0 Å². The lowest BCUT2D eigenvalue weighted by atomic mass is 10.1. The van der Waals surface area contributed by atoms with Gasteiger partial charge in [-0.1, -0.05) is 37.8 Å². The van der Waals surface area contributed by atoms with Gasteiger partial charge in [0.15, 0.2) is 0 Å². The second-order valence-corrected chi connectivity index (χ2v) is 5.70. The molecule has 3 rings (SSSR count). The molecule has 2 N–H and O–H groups in total. The molecule has 1 saturated carbocycles. The summed E-state index contributed by atoms with van der Waals surface area (Å²) in [6.07, 6.45) is 9.23. The van der Waals surface area contributed by atoms with Crippen molar-refractivity contribution in [2.24, 2.45) is 0 Å². The van der Waals surface area contributed by atoms with Gasteiger partial charge in [0.25, 0.3) is 0 Å². The maximum absolute atomic E-state index is 13.7. The average molecular weight is 300 g/mol. The van der Waals surface area contributed by atoms with Crippen LogP contribution < -0.4 is 10.6 Å². The van der Waals surface area contributed by atoms with Crippen molar-refractivity contribution in [3.8, 4) is 0 Å². The normalized spacial score (nSPS) is 16.0. The van der Waals surface area contributed by atoms with Crippen molar-refractivity contribution in [1.82, 2.24) is 9.97 Å². The summed E-state index contributed by atoms with van der Waals surface area (Å²) in [7, 11) is 0. The lowest BCUT2D eigenvalue weighted by Gasteiger charge is -2.17. The van der Waals surface area contributed by atoms with E-state index in [1.807, 2.05) is 6.07 Å². The number of hydrogen-bond donors (Lipinski definition) is 2. The highest BCUT2D eigenvalue weighted by Crippen LogP contribution is 2.21. The van der Waals surface area contributed by atoms with E-state index < -0.39 is 0 Å². The molecule has 0 spiro atoms. The second-order valence-electron chi connectivity index (χ2n) is 5.70. The highest BCUT2D eigenvalue weighted by atomic mass is 19.1. The standard InChI is InChI=1S/C17H21FN4/c18-14-9-5-6-10-15(14)21-17-19-12-11-16(22-17)20-13-7-3-1-2-4-8-13/h5-6,9-13H,1-4,7-8H2,(H2,19,20,21,22). The Kier molecular flexibility index (Phi) is 4.83. The molecular weight excluding hydrogens is 279 g/mol. The van der Waals surface area contributed by atoms with Crippen LogP contribution in [0.1, 0.15) is 38.5 Å². The minimum absolute atomic E-state index is 0.312. The maximum Gasteiger partial charge on any atom is 0.229 e. The minimum atomic E-state index is -0.312. The molecule has 1 heterocycles. The van der Waals surface area contributed by atoms with E-state index in [1.165, 1.54) is 44.6 Å². The first-order chi connectivity index (χ1) is 10.8. The van der Waals surface area contributed by atoms with Gasteiger partial charge in [0, 0.05) is 12.2 Å². The summed E-state index contributed by atoms with van der Waals surface area (Å²) >= 11 is 0. The maximum atomic E-state index is 13.7. The molecule has 0 bridgehead atoms. The second kappa shape index (κ2) is 7.20. The molecular formula is C17H21FN4. The highest BCUT2D eigenvalue weighted by Gasteiger charge is 2.13. The van der Waals surface area contributed by atoms with Crippen LogP contribution in [0, 0.1) is 5.82 Å². The van der Waals surface area contributed by atoms with Gasteiger partial charge in [-0.2, -0.15) is 4.98 Å². The topological polar surface area (TPSA) is 49.8 Å². The summed E-state index contributed by atoms with van der Waals surface area (Å²) in [6.45, 7) is 0. The van der Waals surface area contributed by atoms with Gasteiger partial charge in [-0.3, -0.25) is 0 Å². The molecule has 0 atom stereocenters. The molecule has 1 fully saturated rings. The Morgan fingerprint density at radius 3 is 2.55 bits per heavy atom. The van der Waals surface area contributed by atoms with Gasteiger partial charge in [-0.25, -0.2) is 9.37 Å². The number of nitrogens with one attached hydrogen (secondary N) is 2. The zero-order valence-electron chi connectivity index (χ0n) is 12.6. The van der Waals surface area contributed by atoms with Gasteiger partial charge in [-0.15, -0.1) is 0 Å². The van der Waals surface area contributed by atoms with E-state index in [2.05, 4.69) is 20.6 Å². The summed E-state index contributed by atoms with van der Waals surface area (Å²) in [5.41, 5.74) is 0.383. The Morgan fingerprint density at radius 1 is 1.00 bits per heavy atom. The zero-order valence-corrected chi connectivity index (χ0v) is 12.6. The lowest BCUT2D eigenvalue weighted by molar-refractivity contribution is 0.617. The fourth-order valence-corrected chi connectivity index (χ4v) is 2.82. The van der Waals surface area contributed by atoms with Crippen molar-refractivity contribution in [2.75, 3.05) is 10.6 Å². The Bertz CT molecular complexity index is 609. The van der Waals surface area contributed by atoms with Crippen LogP contribution >= 0.6 is 0 Å². The predicted molar refractivity (Wildman–Crippen MR) is 86.8 cm³/mol. The number of rotatable bonds is 4. The highest BCUT2D eigenvalue weighted by molar-refractivity contribution is 5.55. The van der Waals surface area contributed by atoms with Crippen molar-refractivity contribution < 1.29 is 4.39 Å². The van der Waals surface area contributed by atoms with Crippen LogP contribution in [0.2, 0.25) is 0 Å². The first-order valence-electron chi connectivity index (χ1n) is 7.92. The summed E-state index contributed by atoms with van der Waals surface area (Å²) in [6, 6.07) is 8.85. The van der Waals surface area contributed by atoms with Crippen molar-refractivity contribution >= 4 is 17.5 Å². The third-order valence-corrected chi connectivity index (χ3v) is 3.98. The Balaban J connectivity index is 1.68. The SMILES string of the molecule is Fc1ccccc1Nc1nccc(NC2CCCCCC2)n1. The first-order valence-corrected chi connectivity index (χ1v) is 7.92. The molecule has 0 amide bonds. The molecule has 1 aromatic heterocycles. The van der Waals surface area contributed by atoms with E-state index in [0.29, 0.717) is 17.7 Å². The number of aromatic nitrogens is 2.